The number of benzene rings is 2. The van der Waals surface area contributed by atoms with Gasteiger partial charge >= 0.3 is 0 Å². The van der Waals surface area contributed by atoms with E-state index in [1.165, 1.54) is 21.7 Å². The molecule has 0 amide bonds. The van der Waals surface area contributed by atoms with E-state index in [9.17, 15) is 0 Å². The van der Waals surface area contributed by atoms with Crippen molar-refractivity contribution in [3.8, 4) is 0 Å². The zero-order chi connectivity index (χ0) is 9.54. The van der Waals surface area contributed by atoms with E-state index >= 15 is 0 Å². The molecule has 0 aliphatic heterocycles. The van der Waals surface area contributed by atoms with Gasteiger partial charge in [0.15, 0.2) is 0 Å². The molecule has 1 N–H and O–H groups in total. The van der Waals surface area contributed by atoms with Crippen LogP contribution in [0.15, 0.2) is 36.5 Å². The molecule has 0 saturated heterocycles. The highest BCUT2D eigenvalue weighted by Crippen LogP contribution is 2.26. The molecule has 0 unspecified atom stereocenters. The van der Waals surface area contributed by atoms with Gasteiger partial charge in [-0.3, -0.25) is 5.10 Å². The van der Waals surface area contributed by atoms with Crippen LogP contribution >= 0.6 is 0 Å². The summed E-state index contributed by atoms with van der Waals surface area (Å²) < 4.78 is 0. The van der Waals surface area contributed by atoms with Crippen molar-refractivity contribution in [2.45, 2.75) is 6.92 Å². The third-order valence-electron chi connectivity index (χ3n) is 2.67. The van der Waals surface area contributed by atoms with Crippen molar-refractivity contribution in [1.82, 2.24) is 10.2 Å². The van der Waals surface area contributed by atoms with Crippen molar-refractivity contribution in [1.29, 1.82) is 0 Å². The molecule has 2 nitrogen and oxygen atoms in total. The van der Waals surface area contributed by atoms with Crippen LogP contribution in [0.3, 0.4) is 0 Å². The molecule has 0 bridgehead atoms. The van der Waals surface area contributed by atoms with Gasteiger partial charge in [-0.2, -0.15) is 5.10 Å². The lowest BCUT2D eigenvalue weighted by Crippen LogP contribution is -1.79. The van der Waals surface area contributed by atoms with Gasteiger partial charge in [0.25, 0.3) is 0 Å². The topological polar surface area (TPSA) is 28.7 Å². The second kappa shape index (κ2) is 2.58. The van der Waals surface area contributed by atoms with Crippen LogP contribution in [0.4, 0.5) is 0 Å². The summed E-state index contributed by atoms with van der Waals surface area (Å²) in [5, 5.41) is 10.9. The molecule has 2 heteroatoms. The first kappa shape index (κ1) is 7.56. The number of aryl methyl sites for hydroxylation is 1. The van der Waals surface area contributed by atoms with Gasteiger partial charge in [0.1, 0.15) is 0 Å². The van der Waals surface area contributed by atoms with Crippen LogP contribution in [0.2, 0.25) is 0 Å². The second-order valence-electron chi connectivity index (χ2n) is 3.57. The summed E-state index contributed by atoms with van der Waals surface area (Å²) in [6, 6.07) is 10.6. The quantitative estimate of drug-likeness (QED) is 0.568. The Kier molecular flexibility index (Phi) is 1.39. The summed E-state index contributed by atoms with van der Waals surface area (Å²) in [5.74, 6) is 0. The number of nitrogens with zero attached hydrogens (tertiary/aromatic N) is 1. The maximum atomic E-state index is 4.07. The molecule has 3 aromatic rings. The molecule has 3 rings (SSSR count). The standard InChI is InChI=1S/C12H10N2/c1-8-6-12-11(7-13-14-12)10-5-3-2-4-9(8)10/h2-7H,1H3,(H,13,14). The Balaban J connectivity index is 2.67. The first-order valence-electron chi connectivity index (χ1n) is 4.68. The monoisotopic (exact) mass is 182 g/mol. The van der Waals surface area contributed by atoms with Gasteiger partial charge in [-0.05, 0) is 29.3 Å². The first-order chi connectivity index (χ1) is 6.86. The summed E-state index contributed by atoms with van der Waals surface area (Å²) in [7, 11) is 0. The molecular formula is C12H10N2. The van der Waals surface area contributed by atoms with Crippen LogP contribution < -0.4 is 0 Å². The number of hydrogen-bond donors (Lipinski definition) is 1. The third-order valence-corrected chi connectivity index (χ3v) is 2.67. The van der Waals surface area contributed by atoms with Gasteiger partial charge in [-0.1, -0.05) is 24.3 Å². The van der Waals surface area contributed by atoms with Gasteiger partial charge in [-0.25, -0.2) is 0 Å². The van der Waals surface area contributed by atoms with E-state index in [2.05, 4.69) is 47.5 Å². The van der Waals surface area contributed by atoms with E-state index in [-0.39, 0.29) is 0 Å². The lowest BCUT2D eigenvalue weighted by atomic mass is 10.0. The van der Waals surface area contributed by atoms with Crippen LogP contribution in [-0.4, -0.2) is 10.2 Å². The zero-order valence-corrected chi connectivity index (χ0v) is 7.91. The number of nitrogens with one attached hydrogen (secondary N) is 1. The fourth-order valence-electron chi connectivity index (χ4n) is 1.98. The Morgan fingerprint density at radius 3 is 2.71 bits per heavy atom. The van der Waals surface area contributed by atoms with E-state index in [0.29, 0.717) is 0 Å². The highest BCUT2D eigenvalue weighted by atomic mass is 15.1. The normalized spacial score (nSPS) is 11.2. The lowest BCUT2D eigenvalue weighted by molar-refractivity contribution is 1.12. The fourth-order valence-corrected chi connectivity index (χ4v) is 1.98. The predicted molar refractivity (Wildman–Crippen MR) is 58.3 cm³/mol. The van der Waals surface area contributed by atoms with Crippen molar-refractivity contribution >= 4 is 21.7 Å². The van der Waals surface area contributed by atoms with Crippen molar-refractivity contribution in [3.05, 3.63) is 42.1 Å². The van der Waals surface area contributed by atoms with E-state index in [0.717, 1.165) is 5.52 Å². The highest BCUT2D eigenvalue weighted by molar-refractivity contribution is 6.07. The Morgan fingerprint density at radius 1 is 1.07 bits per heavy atom. The molecule has 0 fully saturated rings. The van der Waals surface area contributed by atoms with Crippen LogP contribution in [0.25, 0.3) is 21.7 Å². The van der Waals surface area contributed by atoms with Crippen LogP contribution in [0.1, 0.15) is 5.56 Å². The maximum absolute atomic E-state index is 4.07. The van der Waals surface area contributed by atoms with Crippen molar-refractivity contribution in [2.75, 3.05) is 0 Å². The van der Waals surface area contributed by atoms with Crippen molar-refractivity contribution in [2.24, 2.45) is 0 Å². The minimum Gasteiger partial charge on any atom is -0.278 e. The van der Waals surface area contributed by atoms with Gasteiger partial charge in [0.05, 0.1) is 11.7 Å². The van der Waals surface area contributed by atoms with E-state index in [4.69, 9.17) is 0 Å². The lowest BCUT2D eigenvalue weighted by Gasteiger charge is -2.02. The molecule has 0 aliphatic carbocycles. The first-order valence-corrected chi connectivity index (χ1v) is 4.68. The van der Waals surface area contributed by atoms with Crippen molar-refractivity contribution < 1.29 is 0 Å². The van der Waals surface area contributed by atoms with E-state index in [1.54, 1.807) is 0 Å². The van der Waals surface area contributed by atoms with Gasteiger partial charge in [0, 0.05) is 5.39 Å². The van der Waals surface area contributed by atoms with Gasteiger partial charge < -0.3 is 0 Å². The SMILES string of the molecule is Cc1cc2[nH]ncc2c2ccccc12. The molecule has 1 heterocycles. The molecule has 0 aliphatic rings. The predicted octanol–water partition coefficient (Wildman–Crippen LogP) is 3.02. The summed E-state index contributed by atoms with van der Waals surface area (Å²) in [6.07, 6.45) is 1.89. The molecule has 68 valence electrons. The molecule has 0 atom stereocenters. The minimum absolute atomic E-state index is 1.11. The summed E-state index contributed by atoms with van der Waals surface area (Å²) in [4.78, 5) is 0. The second-order valence-corrected chi connectivity index (χ2v) is 3.57. The molecule has 0 radical (unpaired) electrons. The maximum Gasteiger partial charge on any atom is 0.0659 e. The van der Waals surface area contributed by atoms with Crippen LogP contribution in [0, 0.1) is 6.92 Å². The highest BCUT2D eigenvalue weighted by Gasteiger charge is 2.03. The number of H-pyrrole nitrogens is 1. The fraction of sp³-hybridized carbons (Fsp3) is 0.0833. The Morgan fingerprint density at radius 2 is 1.86 bits per heavy atom. The summed E-state index contributed by atoms with van der Waals surface area (Å²) >= 11 is 0. The molecule has 0 spiro atoms. The van der Waals surface area contributed by atoms with E-state index in [1.807, 2.05) is 6.20 Å². The molecule has 0 saturated carbocycles. The molecular weight excluding hydrogens is 172 g/mol. The average Bonchev–Trinajstić information content (AvgIpc) is 2.66. The third kappa shape index (κ3) is 0.880. The average molecular weight is 182 g/mol. The minimum atomic E-state index is 1.11. The van der Waals surface area contributed by atoms with E-state index < -0.39 is 0 Å². The number of aromatic amines is 1. The summed E-state index contributed by atoms with van der Waals surface area (Å²) in [5.41, 5.74) is 2.40. The molecule has 2 aromatic carbocycles. The smallest absolute Gasteiger partial charge is 0.0659 e. The van der Waals surface area contributed by atoms with Crippen LogP contribution in [-0.2, 0) is 0 Å². The Bertz CT molecular complexity index is 608. The Hall–Kier alpha value is -1.83. The molecule has 14 heavy (non-hydrogen) atoms. The number of aromatic nitrogens is 2. The Labute approximate surface area is 81.6 Å². The largest absolute Gasteiger partial charge is 0.278 e. The van der Waals surface area contributed by atoms with Crippen LogP contribution in [0.5, 0.6) is 0 Å². The number of hydrogen-bond acceptors (Lipinski definition) is 1. The van der Waals surface area contributed by atoms with Gasteiger partial charge in [-0.15, -0.1) is 0 Å². The van der Waals surface area contributed by atoms with Gasteiger partial charge in [0.2, 0.25) is 0 Å². The number of fused-ring (bicyclic) bond motifs is 3. The molecule has 1 aromatic heterocycles. The zero-order valence-electron chi connectivity index (χ0n) is 7.91. The van der Waals surface area contributed by atoms with Crippen molar-refractivity contribution in [3.63, 3.8) is 0 Å². The summed E-state index contributed by atoms with van der Waals surface area (Å²) in [6.45, 7) is 2.13. The number of rotatable bonds is 0.